The van der Waals surface area contributed by atoms with E-state index in [9.17, 15) is 10.2 Å². The molecule has 0 fully saturated rings. The molecular formula is C24H32N6O2. The molecule has 8 heteroatoms. The third kappa shape index (κ3) is 6.63. The molecule has 3 aromatic rings. The minimum absolute atomic E-state index is 0.280. The molecule has 4 N–H and O–H groups in total. The van der Waals surface area contributed by atoms with Crippen molar-refractivity contribution in [2.24, 2.45) is 0 Å². The second kappa shape index (κ2) is 10.4. The predicted octanol–water partition coefficient (Wildman–Crippen LogP) is 3.85. The molecule has 0 saturated carbocycles. The molecule has 0 aliphatic heterocycles. The zero-order chi connectivity index (χ0) is 23.3. The lowest BCUT2D eigenvalue weighted by atomic mass is 10.1. The van der Waals surface area contributed by atoms with Crippen LogP contribution in [0.2, 0.25) is 0 Å². The van der Waals surface area contributed by atoms with Crippen molar-refractivity contribution in [1.82, 2.24) is 15.0 Å². The number of nitrogens with one attached hydrogen (secondary N) is 2. The van der Waals surface area contributed by atoms with E-state index in [1.54, 1.807) is 18.7 Å². The van der Waals surface area contributed by atoms with Crippen LogP contribution in [-0.2, 0) is 0 Å². The standard InChI is InChI=1S/C24H32N6O2/c1-15-6-9-20(10-7-15)25-22-27-23(26-21-11-8-16(2)17(3)12-21)29-24(28-22)30(13-18(4)31)14-19(5)32/h6-12,18-19,31-32H,13-14H2,1-5H3,(H2,25,26,27,28,29). The first-order chi connectivity index (χ1) is 15.2. The number of anilines is 5. The predicted molar refractivity (Wildman–Crippen MR) is 129 cm³/mol. The minimum Gasteiger partial charge on any atom is -0.392 e. The fraction of sp³-hybridized carbons (Fsp3) is 0.375. The number of aromatic nitrogens is 3. The Hall–Kier alpha value is -3.23. The first-order valence-corrected chi connectivity index (χ1v) is 10.7. The van der Waals surface area contributed by atoms with E-state index >= 15 is 0 Å². The molecule has 0 amide bonds. The Kier molecular flexibility index (Phi) is 7.61. The SMILES string of the molecule is Cc1ccc(Nc2nc(Nc3ccc(C)c(C)c3)nc(N(CC(C)O)CC(C)O)n2)cc1. The van der Waals surface area contributed by atoms with Gasteiger partial charge in [0.05, 0.1) is 12.2 Å². The van der Waals surface area contributed by atoms with Crippen LogP contribution in [0.3, 0.4) is 0 Å². The van der Waals surface area contributed by atoms with Crippen molar-refractivity contribution in [1.29, 1.82) is 0 Å². The summed E-state index contributed by atoms with van der Waals surface area (Å²) in [6.07, 6.45) is -1.23. The number of rotatable bonds is 9. The van der Waals surface area contributed by atoms with Crippen LogP contribution in [0.25, 0.3) is 0 Å². The summed E-state index contributed by atoms with van der Waals surface area (Å²) in [4.78, 5) is 15.4. The third-order valence-corrected chi connectivity index (χ3v) is 4.95. The topological polar surface area (TPSA) is 106 Å². The lowest BCUT2D eigenvalue weighted by Gasteiger charge is -2.26. The lowest BCUT2D eigenvalue weighted by molar-refractivity contribution is 0.177. The summed E-state index contributed by atoms with van der Waals surface area (Å²) in [5.41, 5.74) is 5.23. The van der Waals surface area contributed by atoms with Gasteiger partial charge in [-0.15, -0.1) is 0 Å². The second-order valence-electron chi connectivity index (χ2n) is 8.30. The van der Waals surface area contributed by atoms with Crippen LogP contribution in [0.15, 0.2) is 42.5 Å². The van der Waals surface area contributed by atoms with Crippen molar-refractivity contribution in [3.63, 3.8) is 0 Å². The maximum Gasteiger partial charge on any atom is 0.233 e. The molecule has 1 heterocycles. The van der Waals surface area contributed by atoms with E-state index in [0.717, 1.165) is 22.5 Å². The van der Waals surface area contributed by atoms with Crippen LogP contribution in [0, 0.1) is 20.8 Å². The van der Waals surface area contributed by atoms with Gasteiger partial charge >= 0.3 is 0 Å². The molecule has 0 spiro atoms. The number of hydrogen-bond donors (Lipinski definition) is 4. The van der Waals surface area contributed by atoms with Crippen LogP contribution in [0.4, 0.5) is 29.2 Å². The summed E-state index contributed by atoms with van der Waals surface area (Å²) in [6, 6.07) is 14.0. The monoisotopic (exact) mass is 436 g/mol. The molecule has 1 aromatic heterocycles. The molecule has 3 rings (SSSR count). The van der Waals surface area contributed by atoms with Crippen molar-refractivity contribution in [2.75, 3.05) is 28.6 Å². The highest BCUT2D eigenvalue weighted by Crippen LogP contribution is 2.22. The van der Waals surface area contributed by atoms with Gasteiger partial charge < -0.3 is 25.7 Å². The van der Waals surface area contributed by atoms with Crippen LogP contribution >= 0.6 is 0 Å². The highest BCUT2D eigenvalue weighted by atomic mass is 16.3. The molecule has 2 unspecified atom stereocenters. The average molecular weight is 437 g/mol. The molecule has 0 aliphatic rings. The molecule has 32 heavy (non-hydrogen) atoms. The Morgan fingerprint density at radius 3 is 1.81 bits per heavy atom. The molecule has 8 nitrogen and oxygen atoms in total. The van der Waals surface area contributed by atoms with E-state index in [1.807, 2.05) is 49.4 Å². The number of aliphatic hydroxyl groups excluding tert-OH is 2. The number of hydrogen-bond acceptors (Lipinski definition) is 8. The van der Waals surface area contributed by atoms with Crippen molar-refractivity contribution < 1.29 is 10.2 Å². The Morgan fingerprint density at radius 1 is 0.750 bits per heavy atom. The first-order valence-electron chi connectivity index (χ1n) is 10.7. The van der Waals surface area contributed by atoms with Gasteiger partial charge in [0.15, 0.2) is 0 Å². The molecule has 0 radical (unpaired) electrons. The van der Waals surface area contributed by atoms with Crippen molar-refractivity contribution >= 4 is 29.2 Å². The Morgan fingerprint density at radius 2 is 1.28 bits per heavy atom. The number of benzene rings is 2. The van der Waals surface area contributed by atoms with Gasteiger partial charge in [-0.3, -0.25) is 0 Å². The molecule has 0 saturated heterocycles. The van der Waals surface area contributed by atoms with Gasteiger partial charge in [0.1, 0.15) is 0 Å². The molecule has 0 aliphatic carbocycles. The van der Waals surface area contributed by atoms with Gasteiger partial charge in [0.25, 0.3) is 0 Å². The fourth-order valence-electron chi connectivity index (χ4n) is 3.21. The van der Waals surface area contributed by atoms with E-state index in [0.29, 0.717) is 17.8 Å². The van der Waals surface area contributed by atoms with Gasteiger partial charge in [-0.2, -0.15) is 15.0 Å². The summed E-state index contributed by atoms with van der Waals surface area (Å²) < 4.78 is 0. The summed E-state index contributed by atoms with van der Waals surface area (Å²) in [6.45, 7) is 10.1. The molecule has 170 valence electrons. The fourth-order valence-corrected chi connectivity index (χ4v) is 3.21. The average Bonchev–Trinajstić information content (AvgIpc) is 2.71. The molecule has 0 bridgehead atoms. The van der Waals surface area contributed by atoms with Gasteiger partial charge in [-0.1, -0.05) is 23.8 Å². The van der Waals surface area contributed by atoms with E-state index in [1.165, 1.54) is 5.56 Å². The number of nitrogens with zero attached hydrogens (tertiary/aromatic N) is 4. The van der Waals surface area contributed by atoms with Crippen molar-refractivity contribution in [2.45, 2.75) is 46.8 Å². The highest BCUT2D eigenvalue weighted by Gasteiger charge is 2.18. The minimum atomic E-state index is -0.616. The summed E-state index contributed by atoms with van der Waals surface area (Å²) in [5, 5.41) is 26.4. The van der Waals surface area contributed by atoms with E-state index < -0.39 is 12.2 Å². The first kappa shape index (κ1) is 23.4. The Labute approximate surface area is 189 Å². The zero-order valence-electron chi connectivity index (χ0n) is 19.3. The van der Waals surface area contributed by atoms with Crippen molar-refractivity contribution in [3.05, 3.63) is 59.2 Å². The second-order valence-corrected chi connectivity index (χ2v) is 8.30. The van der Waals surface area contributed by atoms with Crippen LogP contribution in [0.1, 0.15) is 30.5 Å². The summed E-state index contributed by atoms with van der Waals surface area (Å²) >= 11 is 0. The third-order valence-electron chi connectivity index (χ3n) is 4.95. The molecule has 2 aromatic carbocycles. The number of aliphatic hydroxyl groups is 2. The van der Waals surface area contributed by atoms with E-state index in [2.05, 4.69) is 39.4 Å². The van der Waals surface area contributed by atoms with Gasteiger partial charge in [0.2, 0.25) is 17.8 Å². The normalized spacial score (nSPS) is 12.8. The smallest absolute Gasteiger partial charge is 0.233 e. The van der Waals surface area contributed by atoms with Gasteiger partial charge in [0, 0.05) is 24.5 Å². The Balaban J connectivity index is 1.98. The van der Waals surface area contributed by atoms with Crippen LogP contribution < -0.4 is 15.5 Å². The maximum absolute atomic E-state index is 9.96. The van der Waals surface area contributed by atoms with Gasteiger partial charge in [-0.05, 0) is 70.0 Å². The Bertz CT molecular complexity index is 1030. The quantitative estimate of drug-likeness (QED) is 0.401. The number of aryl methyl sites for hydroxylation is 3. The lowest BCUT2D eigenvalue weighted by Crippen LogP contribution is -2.37. The maximum atomic E-state index is 9.96. The highest BCUT2D eigenvalue weighted by molar-refractivity contribution is 5.60. The van der Waals surface area contributed by atoms with E-state index in [4.69, 9.17) is 0 Å². The summed E-state index contributed by atoms with van der Waals surface area (Å²) in [7, 11) is 0. The molecular weight excluding hydrogens is 404 g/mol. The largest absolute Gasteiger partial charge is 0.392 e. The van der Waals surface area contributed by atoms with Gasteiger partial charge in [-0.25, -0.2) is 0 Å². The van der Waals surface area contributed by atoms with E-state index in [-0.39, 0.29) is 13.1 Å². The van der Waals surface area contributed by atoms with Crippen LogP contribution in [0.5, 0.6) is 0 Å². The molecule has 2 atom stereocenters. The zero-order valence-corrected chi connectivity index (χ0v) is 19.3. The summed E-state index contributed by atoms with van der Waals surface area (Å²) in [5.74, 6) is 1.10. The van der Waals surface area contributed by atoms with Crippen LogP contribution in [-0.4, -0.2) is 50.5 Å². The van der Waals surface area contributed by atoms with Crippen molar-refractivity contribution in [3.8, 4) is 0 Å².